The number of hydrogen-bond acceptors (Lipinski definition) is 7. The number of aliphatic carboxylic acids is 1. The van der Waals surface area contributed by atoms with Crippen LogP contribution in [-0.2, 0) is 23.9 Å². The molecule has 1 aliphatic rings. The van der Waals surface area contributed by atoms with Crippen molar-refractivity contribution in [2.24, 2.45) is 11.5 Å². The van der Waals surface area contributed by atoms with Gasteiger partial charge in [0.25, 0.3) is 0 Å². The molecule has 27 heavy (non-hydrogen) atoms. The van der Waals surface area contributed by atoms with E-state index in [1.54, 1.807) is 13.0 Å². The first kappa shape index (κ1) is 25.0. The predicted octanol–water partition coefficient (Wildman–Crippen LogP) is 0.315. The van der Waals surface area contributed by atoms with Crippen LogP contribution in [0.4, 0.5) is 0 Å². The fourth-order valence-electron chi connectivity index (χ4n) is 2.62. The smallest absolute Gasteiger partial charge is 0.333 e. The summed E-state index contributed by atoms with van der Waals surface area (Å²) < 4.78 is 11.1. The number of ether oxygens (including phenoxy) is 2. The first-order chi connectivity index (χ1) is 12.7. The molecule has 0 radical (unpaired) electrons. The molecular weight excluding hydrogens is 354 g/mol. The predicted molar refractivity (Wildman–Crippen MR) is 101 cm³/mol. The van der Waals surface area contributed by atoms with Crippen LogP contribution in [0.2, 0.25) is 0 Å². The van der Waals surface area contributed by atoms with Crippen LogP contribution in [0.15, 0.2) is 11.6 Å². The molecule has 0 saturated carbocycles. The monoisotopic (exact) mass is 387 g/mol. The van der Waals surface area contributed by atoms with Gasteiger partial charge in [-0.2, -0.15) is 0 Å². The Morgan fingerprint density at radius 1 is 1.30 bits per heavy atom. The summed E-state index contributed by atoms with van der Waals surface area (Å²) in [5.41, 5.74) is 11.2. The molecule has 0 aromatic heterocycles. The van der Waals surface area contributed by atoms with Gasteiger partial charge in [0.15, 0.2) is 0 Å². The third-order valence-corrected chi connectivity index (χ3v) is 3.98. The lowest BCUT2D eigenvalue weighted by Crippen LogP contribution is -2.57. The molecule has 1 amide bonds. The van der Waals surface area contributed by atoms with E-state index in [4.69, 9.17) is 20.3 Å². The Bertz CT molecular complexity index is 519. The zero-order valence-electron chi connectivity index (χ0n) is 16.6. The van der Waals surface area contributed by atoms with Gasteiger partial charge in [0.2, 0.25) is 5.91 Å². The molecule has 0 unspecified atom stereocenters. The topological polar surface area (TPSA) is 154 Å². The Labute approximate surface area is 160 Å². The van der Waals surface area contributed by atoms with E-state index >= 15 is 0 Å². The van der Waals surface area contributed by atoms with Gasteiger partial charge in [0.05, 0.1) is 31.4 Å². The minimum atomic E-state index is -0.968. The Morgan fingerprint density at radius 3 is 2.26 bits per heavy atom. The first-order valence-corrected chi connectivity index (χ1v) is 9.17. The minimum absolute atomic E-state index is 0.0613. The number of carbonyl (C=O) groups excluding carboxylic acids is 2. The summed E-state index contributed by atoms with van der Waals surface area (Å²) in [7, 11) is 0. The highest BCUT2D eigenvalue weighted by Gasteiger charge is 2.35. The van der Waals surface area contributed by atoms with E-state index in [-0.39, 0.29) is 36.6 Å². The summed E-state index contributed by atoms with van der Waals surface area (Å²) >= 11 is 0. The summed E-state index contributed by atoms with van der Waals surface area (Å²) in [4.78, 5) is 32.6. The molecule has 1 aliphatic carbocycles. The Hall–Kier alpha value is -1.97. The van der Waals surface area contributed by atoms with Crippen molar-refractivity contribution >= 4 is 17.8 Å². The molecule has 0 bridgehead atoms. The molecule has 0 aliphatic heterocycles. The Balaban J connectivity index is 0.00000119. The van der Waals surface area contributed by atoms with Crippen LogP contribution in [0.3, 0.4) is 0 Å². The van der Waals surface area contributed by atoms with Crippen molar-refractivity contribution < 1.29 is 29.0 Å². The van der Waals surface area contributed by atoms with Gasteiger partial charge in [-0.05, 0) is 32.3 Å². The van der Waals surface area contributed by atoms with Gasteiger partial charge in [-0.25, -0.2) is 4.79 Å². The molecule has 3 atom stereocenters. The van der Waals surface area contributed by atoms with Crippen LogP contribution < -0.4 is 16.8 Å². The minimum Gasteiger partial charge on any atom is -0.480 e. The number of esters is 1. The van der Waals surface area contributed by atoms with Crippen LogP contribution in [0.25, 0.3) is 0 Å². The molecule has 0 aromatic carbocycles. The van der Waals surface area contributed by atoms with Gasteiger partial charge < -0.3 is 31.4 Å². The molecule has 9 nitrogen and oxygen atoms in total. The van der Waals surface area contributed by atoms with Crippen molar-refractivity contribution in [1.82, 2.24) is 5.32 Å². The second kappa shape index (κ2) is 13.2. The number of nitrogens with one attached hydrogen (secondary N) is 1. The lowest BCUT2D eigenvalue weighted by molar-refractivity contribution is -0.139. The van der Waals surface area contributed by atoms with E-state index in [2.05, 4.69) is 11.1 Å². The fourth-order valence-corrected chi connectivity index (χ4v) is 2.62. The van der Waals surface area contributed by atoms with Crippen molar-refractivity contribution in [3.8, 4) is 0 Å². The van der Waals surface area contributed by atoms with E-state index in [0.29, 0.717) is 18.6 Å². The molecule has 9 heteroatoms. The highest BCUT2D eigenvalue weighted by Crippen LogP contribution is 2.24. The maximum Gasteiger partial charge on any atom is 0.333 e. The average molecular weight is 387 g/mol. The average Bonchev–Trinajstić information content (AvgIpc) is 2.62. The molecule has 1 rings (SSSR count). The molecule has 0 saturated heterocycles. The van der Waals surface area contributed by atoms with Crippen LogP contribution in [0, 0.1) is 0 Å². The molecule has 156 valence electrons. The number of carboxylic acid groups (broad SMARTS) is 1. The van der Waals surface area contributed by atoms with Gasteiger partial charge in [-0.3, -0.25) is 9.59 Å². The fraction of sp³-hybridized carbons (Fsp3) is 0.722. The van der Waals surface area contributed by atoms with Crippen LogP contribution in [0.5, 0.6) is 0 Å². The summed E-state index contributed by atoms with van der Waals surface area (Å²) in [6, 6.07) is -0.719. The van der Waals surface area contributed by atoms with Crippen LogP contribution >= 0.6 is 0 Å². The van der Waals surface area contributed by atoms with Crippen molar-refractivity contribution in [3.63, 3.8) is 0 Å². The van der Waals surface area contributed by atoms with Gasteiger partial charge in [0.1, 0.15) is 0 Å². The number of carbonyl (C=O) groups is 3. The largest absolute Gasteiger partial charge is 0.480 e. The van der Waals surface area contributed by atoms with Gasteiger partial charge in [0, 0.05) is 18.5 Å². The summed E-state index contributed by atoms with van der Waals surface area (Å²) in [6.45, 7) is 7.34. The normalized spacial score (nSPS) is 21.6. The molecule has 6 N–H and O–H groups in total. The van der Waals surface area contributed by atoms with Gasteiger partial charge in [-0.1, -0.05) is 13.8 Å². The lowest BCUT2D eigenvalue weighted by Gasteiger charge is -2.36. The van der Waals surface area contributed by atoms with Crippen molar-refractivity contribution in [3.05, 3.63) is 11.6 Å². The van der Waals surface area contributed by atoms with E-state index in [1.807, 2.05) is 13.8 Å². The first-order valence-electron chi connectivity index (χ1n) is 9.17. The number of carboxylic acids is 1. The third kappa shape index (κ3) is 9.50. The van der Waals surface area contributed by atoms with E-state index < -0.39 is 12.1 Å². The SMILES string of the molecule is CCOC(=O)C1=C[C@@H](OC(CC)CC)[C@H](NC(C)=O)[C@@H](N)C1.NCC(=O)O. The van der Waals surface area contributed by atoms with E-state index in [1.165, 1.54) is 6.92 Å². The summed E-state index contributed by atoms with van der Waals surface area (Å²) in [5.74, 6) is -1.49. The molecule has 0 spiro atoms. The number of hydrogen-bond donors (Lipinski definition) is 4. The Morgan fingerprint density at radius 2 is 1.85 bits per heavy atom. The van der Waals surface area contributed by atoms with Gasteiger partial charge in [-0.15, -0.1) is 0 Å². The van der Waals surface area contributed by atoms with Crippen LogP contribution in [0.1, 0.15) is 47.0 Å². The number of rotatable bonds is 8. The quantitative estimate of drug-likeness (QED) is 0.434. The second-order valence-electron chi connectivity index (χ2n) is 6.14. The maximum absolute atomic E-state index is 12.0. The molecule has 0 aromatic rings. The molecule has 0 heterocycles. The highest BCUT2D eigenvalue weighted by molar-refractivity contribution is 5.89. The zero-order valence-corrected chi connectivity index (χ0v) is 16.6. The standard InChI is InChI=1S/C16H28N2O4.C2H5NO2/c1-5-12(6-2)22-14-9-11(16(20)21-7-3)8-13(17)15(14)18-10(4)19;3-1-2(4)5/h9,12-15H,5-8,17H2,1-4H3,(H,18,19);1,3H2,(H,4,5)/t13-,14+,15+;/m0./s1. The zero-order chi connectivity index (χ0) is 21.0. The van der Waals surface area contributed by atoms with Gasteiger partial charge >= 0.3 is 11.9 Å². The van der Waals surface area contributed by atoms with Crippen LogP contribution in [-0.4, -0.2) is 60.4 Å². The summed E-state index contributed by atoms with van der Waals surface area (Å²) in [5, 5.41) is 10.4. The molecule has 0 fully saturated rings. The maximum atomic E-state index is 12.0. The van der Waals surface area contributed by atoms with E-state index in [0.717, 1.165) is 12.8 Å². The van der Waals surface area contributed by atoms with Crippen molar-refractivity contribution in [2.45, 2.75) is 71.2 Å². The highest BCUT2D eigenvalue weighted by atomic mass is 16.5. The third-order valence-electron chi connectivity index (χ3n) is 3.98. The molecular formula is C18H33N3O6. The number of amides is 1. The van der Waals surface area contributed by atoms with Crippen molar-refractivity contribution in [1.29, 1.82) is 0 Å². The Kier molecular flexibility index (Phi) is 12.3. The lowest BCUT2D eigenvalue weighted by atomic mass is 9.88. The summed E-state index contributed by atoms with van der Waals surface area (Å²) in [6.07, 6.45) is 3.48. The number of nitrogens with two attached hydrogens (primary N) is 2. The van der Waals surface area contributed by atoms with E-state index in [9.17, 15) is 14.4 Å². The second-order valence-corrected chi connectivity index (χ2v) is 6.14. The van der Waals surface area contributed by atoms with Crippen molar-refractivity contribution in [2.75, 3.05) is 13.2 Å².